The van der Waals surface area contributed by atoms with Gasteiger partial charge in [-0.1, -0.05) is 6.07 Å². The first-order chi connectivity index (χ1) is 8.84. The summed E-state index contributed by atoms with van der Waals surface area (Å²) in [4.78, 5) is 21.2. The number of aliphatic hydroxyl groups excluding tert-OH is 2. The molecule has 0 aliphatic heterocycles. The van der Waals surface area contributed by atoms with Crippen LogP contribution in [-0.4, -0.2) is 45.0 Å². The molecule has 0 unspecified atom stereocenters. The average Bonchev–Trinajstić information content (AvgIpc) is 2.38. The van der Waals surface area contributed by atoms with Gasteiger partial charge in [-0.05, 0) is 13.0 Å². The Morgan fingerprint density at radius 1 is 1.42 bits per heavy atom. The summed E-state index contributed by atoms with van der Waals surface area (Å²) in [6, 6.07) is 3.60. The molecule has 8 heteroatoms. The van der Waals surface area contributed by atoms with E-state index in [1.54, 1.807) is 0 Å². The van der Waals surface area contributed by atoms with Crippen LogP contribution in [0.25, 0.3) is 0 Å². The van der Waals surface area contributed by atoms with Crippen molar-refractivity contribution in [1.29, 1.82) is 0 Å². The number of aliphatic hydroxyl groups is 2. The van der Waals surface area contributed by atoms with E-state index in [0.29, 0.717) is 0 Å². The van der Waals surface area contributed by atoms with Gasteiger partial charge in [0.05, 0.1) is 29.2 Å². The van der Waals surface area contributed by atoms with Gasteiger partial charge in [0.2, 0.25) is 0 Å². The molecule has 1 aromatic carbocycles. The third kappa shape index (κ3) is 3.18. The van der Waals surface area contributed by atoms with Crippen molar-refractivity contribution < 1.29 is 25.0 Å². The number of carboxylic acids is 1. The highest BCUT2D eigenvalue weighted by molar-refractivity contribution is 5.97. The average molecular weight is 270 g/mol. The molecule has 0 spiro atoms. The van der Waals surface area contributed by atoms with Gasteiger partial charge < -0.3 is 20.6 Å². The van der Waals surface area contributed by atoms with Crippen LogP contribution in [0.1, 0.15) is 17.3 Å². The second-order valence-corrected chi connectivity index (χ2v) is 4.26. The number of anilines is 1. The van der Waals surface area contributed by atoms with E-state index in [1.165, 1.54) is 19.1 Å². The maximum atomic E-state index is 11.1. The van der Waals surface area contributed by atoms with Gasteiger partial charge in [-0.2, -0.15) is 0 Å². The van der Waals surface area contributed by atoms with E-state index >= 15 is 0 Å². The number of nitro benzene ring substituents is 1. The lowest BCUT2D eigenvalue weighted by Crippen LogP contribution is -2.43. The van der Waals surface area contributed by atoms with Gasteiger partial charge in [-0.3, -0.25) is 10.1 Å². The molecular weight excluding hydrogens is 256 g/mol. The van der Waals surface area contributed by atoms with Crippen LogP contribution in [0.3, 0.4) is 0 Å². The van der Waals surface area contributed by atoms with Gasteiger partial charge in [-0.15, -0.1) is 0 Å². The molecule has 1 rings (SSSR count). The van der Waals surface area contributed by atoms with Crippen LogP contribution in [0.4, 0.5) is 11.4 Å². The number of carboxylic acid groups (broad SMARTS) is 1. The van der Waals surface area contributed by atoms with Crippen LogP contribution in [0.15, 0.2) is 18.2 Å². The predicted molar refractivity (Wildman–Crippen MR) is 66.3 cm³/mol. The molecule has 8 nitrogen and oxygen atoms in total. The van der Waals surface area contributed by atoms with Crippen LogP contribution in [-0.2, 0) is 0 Å². The summed E-state index contributed by atoms with van der Waals surface area (Å²) in [6.07, 6.45) is 0. The summed E-state index contributed by atoms with van der Waals surface area (Å²) in [5.74, 6) is -1.34. The Labute approximate surface area is 108 Å². The zero-order valence-corrected chi connectivity index (χ0v) is 10.2. The lowest BCUT2D eigenvalue weighted by molar-refractivity contribution is -0.384. The second kappa shape index (κ2) is 5.63. The standard InChI is InChI=1S/C11H14N2O6/c1-11(5-14,6-15)12-9-7(10(16)17)3-2-4-8(9)13(18)19/h2-4,12,14-15H,5-6H2,1H3,(H,16,17). The number of benzene rings is 1. The quantitative estimate of drug-likeness (QED) is 0.435. The molecule has 0 aliphatic rings. The Balaban J connectivity index is 3.37. The molecule has 104 valence electrons. The lowest BCUT2D eigenvalue weighted by atomic mass is 10.0. The number of hydrogen-bond acceptors (Lipinski definition) is 6. The first-order valence-corrected chi connectivity index (χ1v) is 5.35. The van der Waals surface area contributed by atoms with Crippen LogP contribution in [0, 0.1) is 10.1 Å². The van der Waals surface area contributed by atoms with Gasteiger partial charge in [0.1, 0.15) is 5.69 Å². The molecule has 0 aromatic heterocycles. The molecule has 0 saturated heterocycles. The third-order valence-electron chi connectivity index (χ3n) is 2.59. The van der Waals surface area contributed by atoms with E-state index in [0.717, 1.165) is 6.07 Å². The Hall–Kier alpha value is -2.19. The summed E-state index contributed by atoms with van der Waals surface area (Å²) in [5.41, 5.74) is -2.25. The zero-order chi connectivity index (χ0) is 14.6. The second-order valence-electron chi connectivity index (χ2n) is 4.26. The fourth-order valence-electron chi connectivity index (χ4n) is 1.43. The molecule has 0 heterocycles. The number of para-hydroxylation sites is 1. The Bertz CT molecular complexity index is 466. The molecule has 19 heavy (non-hydrogen) atoms. The largest absolute Gasteiger partial charge is 0.478 e. The smallest absolute Gasteiger partial charge is 0.338 e. The molecule has 1 aromatic rings. The van der Waals surface area contributed by atoms with Crippen LogP contribution >= 0.6 is 0 Å². The Kier molecular flexibility index (Phi) is 4.41. The van der Waals surface area contributed by atoms with Crippen molar-refractivity contribution >= 4 is 17.3 Å². The van der Waals surface area contributed by atoms with E-state index in [-0.39, 0.29) is 11.3 Å². The van der Waals surface area contributed by atoms with Crippen molar-refractivity contribution in [2.24, 2.45) is 0 Å². The zero-order valence-electron chi connectivity index (χ0n) is 10.2. The molecule has 0 saturated carbocycles. The number of hydrogen-bond donors (Lipinski definition) is 4. The van der Waals surface area contributed by atoms with E-state index < -0.39 is 35.3 Å². The maximum absolute atomic E-state index is 11.1. The molecule has 4 N–H and O–H groups in total. The number of aromatic carboxylic acids is 1. The number of rotatable bonds is 6. The van der Waals surface area contributed by atoms with Crippen molar-refractivity contribution in [3.63, 3.8) is 0 Å². The van der Waals surface area contributed by atoms with Crippen LogP contribution in [0.2, 0.25) is 0 Å². The minimum Gasteiger partial charge on any atom is -0.478 e. The molecule has 0 fully saturated rings. The summed E-state index contributed by atoms with van der Waals surface area (Å²) < 4.78 is 0. The minimum absolute atomic E-state index is 0.245. The van der Waals surface area contributed by atoms with E-state index in [1.807, 2.05) is 0 Å². The lowest BCUT2D eigenvalue weighted by Gasteiger charge is -2.27. The topological polar surface area (TPSA) is 133 Å². The SMILES string of the molecule is CC(CO)(CO)Nc1c(C(=O)O)cccc1[N+](=O)[O-]. The highest BCUT2D eigenvalue weighted by Crippen LogP contribution is 2.30. The Morgan fingerprint density at radius 3 is 2.42 bits per heavy atom. The third-order valence-corrected chi connectivity index (χ3v) is 2.59. The molecule has 0 radical (unpaired) electrons. The van der Waals surface area contributed by atoms with Gasteiger partial charge in [0.15, 0.2) is 0 Å². The van der Waals surface area contributed by atoms with E-state index in [2.05, 4.69) is 5.32 Å². The summed E-state index contributed by atoms with van der Waals surface area (Å²) in [6.45, 7) is 0.374. The highest BCUT2D eigenvalue weighted by atomic mass is 16.6. The fraction of sp³-hybridized carbons (Fsp3) is 0.364. The van der Waals surface area contributed by atoms with E-state index in [9.17, 15) is 14.9 Å². The minimum atomic E-state index is -1.34. The monoisotopic (exact) mass is 270 g/mol. The summed E-state index contributed by atoms with van der Waals surface area (Å²) in [7, 11) is 0. The predicted octanol–water partition coefficient (Wildman–Crippen LogP) is 0.448. The van der Waals surface area contributed by atoms with Crippen LogP contribution in [0.5, 0.6) is 0 Å². The highest BCUT2D eigenvalue weighted by Gasteiger charge is 2.29. The van der Waals surface area contributed by atoms with Crippen molar-refractivity contribution in [2.45, 2.75) is 12.5 Å². The van der Waals surface area contributed by atoms with Crippen molar-refractivity contribution in [3.05, 3.63) is 33.9 Å². The maximum Gasteiger partial charge on any atom is 0.338 e. The molecule has 0 bridgehead atoms. The van der Waals surface area contributed by atoms with E-state index in [4.69, 9.17) is 15.3 Å². The number of nitrogens with zero attached hydrogens (tertiary/aromatic N) is 1. The van der Waals surface area contributed by atoms with Crippen molar-refractivity contribution in [3.8, 4) is 0 Å². The van der Waals surface area contributed by atoms with Gasteiger partial charge in [0.25, 0.3) is 5.69 Å². The van der Waals surface area contributed by atoms with Gasteiger partial charge in [-0.25, -0.2) is 4.79 Å². The summed E-state index contributed by atoms with van der Waals surface area (Å²) in [5, 5.41) is 40.8. The van der Waals surface area contributed by atoms with Gasteiger partial charge >= 0.3 is 5.97 Å². The number of nitrogens with one attached hydrogen (secondary N) is 1. The normalized spacial score (nSPS) is 11.1. The molecular formula is C11H14N2O6. The Morgan fingerprint density at radius 2 is 2.00 bits per heavy atom. The first-order valence-electron chi connectivity index (χ1n) is 5.35. The summed E-state index contributed by atoms with van der Waals surface area (Å²) >= 11 is 0. The molecule has 0 aliphatic carbocycles. The van der Waals surface area contributed by atoms with Gasteiger partial charge in [0, 0.05) is 6.07 Å². The van der Waals surface area contributed by atoms with Crippen LogP contribution < -0.4 is 5.32 Å². The first kappa shape index (κ1) is 14.9. The van der Waals surface area contributed by atoms with Crippen molar-refractivity contribution in [2.75, 3.05) is 18.5 Å². The number of carbonyl (C=O) groups is 1. The fourth-order valence-corrected chi connectivity index (χ4v) is 1.43. The molecule has 0 atom stereocenters. The molecule has 0 amide bonds. The number of nitro groups is 1. The van der Waals surface area contributed by atoms with Crippen molar-refractivity contribution in [1.82, 2.24) is 0 Å².